The van der Waals surface area contributed by atoms with Crippen LogP contribution in [0.1, 0.15) is 24.0 Å². The summed E-state index contributed by atoms with van der Waals surface area (Å²) in [6, 6.07) is 77.5. The number of nitrogens with zero attached hydrogens (tertiary/aromatic N) is 2. The lowest BCUT2D eigenvalue weighted by Gasteiger charge is -2.17. The van der Waals surface area contributed by atoms with Crippen LogP contribution in [0.3, 0.4) is 0 Å². The van der Waals surface area contributed by atoms with E-state index in [0.29, 0.717) is 0 Å². The molecule has 11 rings (SSSR count). The van der Waals surface area contributed by atoms with Crippen molar-refractivity contribution in [2.45, 2.75) is 19.8 Å². The molecule has 2 heterocycles. The number of fused-ring (bicyclic) bond motifs is 4. The van der Waals surface area contributed by atoms with Gasteiger partial charge in [-0.2, -0.15) is 0 Å². The van der Waals surface area contributed by atoms with Gasteiger partial charge < -0.3 is 9.13 Å². The third-order valence-corrected chi connectivity index (χ3v) is 12.5. The third kappa shape index (κ3) is 7.16. The van der Waals surface area contributed by atoms with Gasteiger partial charge in [0.15, 0.2) is 0 Å². The van der Waals surface area contributed by atoms with E-state index in [1.807, 2.05) is 0 Å². The maximum Gasteiger partial charge on any atom is 0.0619 e. The van der Waals surface area contributed by atoms with Crippen LogP contribution in [0.2, 0.25) is 0 Å². The first-order valence-electron chi connectivity index (χ1n) is 22.0. The van der Waals surface area contributed by atoms with Gasteiger partial charge in [0.05, 0.1) is 16.6 Å². The van der Waals surface area contributed by atoms with Gasteiger partial charge in [-0.3, -0.25) is 0 Å². The van der Waals surface area contributed by atoms with Crippen LogP contribution >= 0.6 is 0 Å². The first-order chi connectivity index (χ1) is 31.2. The highest BCUT2D eigenvalue weighted by atomic mass is 15.0. The Labute approximate surface area is 369 Å². The molecule has 0 bridgehead atoms. The molecule has 0 saturated carbocycles. The summed E-state index contributed by atoms with van der Waals surface area (Å²) in [4.78, 5) is 0. The van der Waals surface area contributed by atoms with Gasteiger partial charge in [-0.15, -0.1) is 0 Å². The Bertz CT molecular complexity index is 3410. The van der Waals surface area contributed by atoms with E-state index in [9.17, 15) is 0 Å². The molecule has 300 valence electrons. The molecule has 63 heavy (non-hydrogen) atoms. The Morgan fingerprint density at radius 1 is 0.381 bits per heavy atom. The Hall–Kier alpha value is -7.94. The highest BCUT2D eigenvalue weighted by Gasteiger charge is 2.20. The number of para-hydroxylation sites is 2. The van der Waals surface area contributed by atoms with Gasteiger partial charge in [0.1, 0.15) is 0 Å². The molecule has 0 amide bonds. The number of hydrogen-bond donors (Lipinski definition) is 0. The van der Waals surface area contributed by atoms with Crippen molar-refractivity contribution < 1.29 is 0 Å². The Morgan fingerprint density at radius 2 is 0.921 bits per heavy atom. The molecular formula is C61H46N2. The van der Waals surface area contributed by atoms with E-state index < -0.39 is 0 Å². The van der Waals surface area contributed by atoms with Gasteiger partial charge in [0.2, 0.25) is 0 Å². The second-order valence-electron chi connectivity index (χ2n) is 16.5. The van der Waals surface area contributed by atoms with Crippen LogP contribution in [0.4, 0.5) is 0 Å². The smallest absolute Gasteiger partial charge is 0.0619 e. The first kappa shape index (κ1) is 38.0. The average molecular weight is 807 g/mol. The summed E-state index contributed by atoms with van der Waals surface area (Å²) >= 11 is 0. The van der Waals surface area contributed by atoms with Crippen molar-refractivity contribution in [3.63, 3.8) is 0 Å². The summed E-state index contributed by atoms with van der Waals surface area (Å²) in [7, 11) is 0. The minimum Gasteiger partial charge on any atom is -0.316 e. The number of allylic oxidation sites excluding steroid dienone is 4. The number of aromatic nitrogens is 2. The predicted molar refractivity (Wildman–Crippen MR) is 268 cm³/mol. The van der Waals surface area contributed by atoms with Crippen molar-refractivity contribution in [1.82, 2.24) is 9.13 Å². The maximum absolute atomic E-state index is 2.47. The van der Waals surface area contributed by atoms with E-state index in [1.165, 1.54) is 82.8 Å². The molecule has 10 aromatic rings. The van der Waals surface area contributed by atoms with Crippen LogP contribution in [0.25, 0.3) is 94.2 Å². The summed E-state index contributed by atoms with van der Waals surface area (Å²) < 4.78 is 4.83. The Morgan fingerprint density at radius 3 is 1.57 bits per heavy atom. The van der Waals surface area contributed by atoms with Crippen molar-refractivity contribution in [3.8, 4) is 55.9 Å². The van der Waals surface area contributed by atoms with Gasteiger partial charge >= 0.3 is 0 Å². The normalized spacial score (nSPS) is 12.4. The molecule has 1 aliphatic carbocycles. The molecule has 2 aromatic heterocycles. The number of aryl methyl sites for hydroxylation is 1. The second kappa shape index (κ2) is 16.5. The van der Waals surface area contributed by atoms with E-state index in [-0.39, 0.29) is 0 Å². The van der Waals surface area contributed by atoms with Gasteiger partial charge in [0.25, 0.3) is 0 Å². The van der Waals surface area contributed by atoms with Gasteiger partial charge in [-0.1, -0.05) is 164 Å². The maximum atomic E-state index is 2.47. The lowest BCUT2D eigenvalue weighted by Crippen LogP contribution is -1.98. The van der Waals surface area contributed by atoms with E-state index in [4.69, 9.17) is 0 Å². The monoisotopic (exact) mass is 806 g/mol. The lowest BCUT2D eigenvalue weighted by atomic mass is 9.92. The summed E-state index contributed by atoms with van der Waals surface area (Å²) in [5, 5.41) is 3.65. The van der Waals surface area contributed by atoms with E-state index in [0.717, 1.165) is 35.3 Å². The molecule has 0 unspecified atom stereocenters. The highest BCUT2D eigenvalue weighted by molar-refractivity contribution is 6.16. The SMILES string of the molecule is Cc1cc(-c2ccc3c(c2)c2cc(C4=CCCC=C4)cc(-c4ccccc4)c2n3-c2ccccc2)cccn(-c2ccccc2)c2c(-c3ccccc3)cc(-c3ccccc3)cc12. The fourth-order valence-corrected chi connectivity index (χ4v) is 9.48. The summed E-state index contributed by atoms with van der Waals surface area (Å²) in [6.45, 7) is 2.27. The topological polar surface area (TPSA) is 9.86 Å². The first-order valence-corrected chi connectivity index (χ1v) is 22.0. The number of hydrogen-bond acceptors (Lipinski definition) is 0. The highest BCUT2D eigenvalue weighted by Crippen LogP contribution is 2.43. The molecule has 0 atom stereocenters. The summed E-state index contributed by atoms with van der Waals surface area (Å²) in [6.07, 6.45) is 11.4. The molecule has 0 aliphatic heterocycles. The molecule has 1 aliphatic rings. The van der Waals surface area contributed by atoms with E-state index in [2.05, 4.69) is 253 Å². The van der Waals surface area contributed by atoms with Crippen LogP contribution in [0, 0.1) is 6.92 Å². The van der Waals surface area contributed by atoms with Crippen molar-refractivity contribution in [3.05, 3.63) is 248 Å². The van der Waals surface area contributed by atoms with Crippen molar-refractivity contribution in [1.29, 1.82) is 0 Å². The van der Waals surface area contributed by atoms with Crippen molar-refractivity contribution >= 4 is 38.3 Å². The van der Waals surface area contributed by atoms with Crippen LogP contribution < -0.4 is 0 Å². The summed E-state index contributed by atoms with van der Waals surface area (Å²) in [5.41, 5.74) is 19.0. The fraction of sp³-hybridized carbons (Fsp3) is 0.0492. The molecule has 0 spiro atoms. The zero-order chi connectivity index (χ0) is 42.1. The second-order valence-corrected chi connectivity index (χ2v) is 16.5. The largest absolute Gasteiger partial charge is 0.316 e. The van der Waals surface area contributed by atoms with Crippen molar-refractivity contribution in [2.75, 3.05) is 0 Å². The zero-order valence-electron chi connectivity index (χ0n) is 35.3. The molecular weight excluding hydrogens is 761 g/mol. The van der Waals surface area contributed by atoms with Crippen molar-refractivity contribution in [2.24, 2.45) is 0 Å². The zero-order valence-corrected chi connectivity index (χ0v) is 35.3. The van der Waals surface area contributed by atoms with E-state index in [1.54, 1.807) is 0 Å². The lowest BCUT2D eigenvalue weighted by molar-refractivity contribution is 1.04. The Balaban J connectivity index is 1.22. The number of rotatable bonds is 7. The molecule has 0 fully saturated rings. The Kier molecular flexibility index (Phi) is 9.95. The predicted octanol–water partition coefficient (Wildman–Crippen LogP) is 16.6. The van der Waals surface area contributed by atoms with Crippen LogP contribution in [0.15, 0.2) is 237 Å². The fourth-order valence-electron chi connectivity index (χ4n) is 9.48. The van der Waals surface area contributed by atoms with Crippen LogP contribution in [-0.2, 0) is 0 Å². The standard InChI is InChI=1S/C61H46N2/c1-43-37-48(29-20-36-62(52-30-16-6-17-31-52)60-54(43)39-50(44-21-8-2-9-22-44)40-55(60)46-25-12-4-13-26-46)49-34-35-59-57(38-49)58-42-51(45-23-10-3-11-24-45)41-56(47-27-14-5-15-28-47)61(58)63(59)53-32-18-7-19-33-53/h2,4-10,12-42H,3,11H2,1H3. The van der Waals surface area contributed by atoms with Gasteiger partial charge in [-0.05, 0) is 137 Å². The molecule has 8 aromatic carbocycles. The molecule has 0 N–H and O–H groups in total. The van der Waals surface area contributed by atoms with Gasteiger partial charge in [-0.25, -0.2) is 0 Å². The quantitative estimate of drug-likeness (QED) is 0.152. The summed E-state index contributed by atoms with van der Waals surface area (Å²) in [5.74, 6) is 0. The molecule has 2 nitrogen and oxygen atoms in total. The molecule has 0 saturated heterocycles. The van der Waals surface area contributed by atoms with Crippen LogP contribution in [0.5, 0.6) is 0 Å². The minimum atomic E-state index is 1.05. The molecule has 2 heteroatoms. The minimum absolute atomic E-state index is 1.05. The molecule has 0 radical (unpaired) electrons. The van der Waals surface area contributed by atoms with Crippen LogP contribution in [-0.4, -0.2) is 9.13 Å². The average Bonchev–Trinajstić information content (AvgIpc) is 3.72. The third-order valence-electron chi connectivity index (χ3n) is 12.5. The number of benzene rings is 8. The van der Waals surface area contributed by atoms with E-state index >= 15 is 0 Å². The van der Waals surface area contributed by atoms with Gasteiger partial charge in [0, 0.05) is 44.9 Å².